The molecule has 0 N–H and O–H groups in total. The van der Waals surface area contributed by atoms with Crippen molar-refractivity contribution < 1.29 is 4.79 Å². The van der Waals surface area contributed by atoms with E-state index < -0.39 is 0 Å². The predicted octanol–water partition coefficient (Wildman–Crippen LogP) is 4.38. The first kappa shape index (κ1) is 19.2. The molecule has 2 aliphatic rings. The minimum atomic E-state index is 0.183. The fourth-order valence-electron chi connectivity index (χ4n) is 4.81. The summed E-state index contributed by atoms with van der Waals surface area (Å²) in [6, 6.07) is 21.4. The molecule has 1 atom stereocenters. The van der Waals surface area contributed by atoms with E-state index in [2.05, 4.69) is 70.5 Å². The molecule has 3 heteroatoms. The average Bonchev–Trinajstić information content (AvgIpc) is 2.75. The van der Waals surface area contributed by atoms with Gasteiger partial charge in [-0.1, -0.05) is 60.7 Å². The highest BCUT2D eigenvalue weighted by Crippen LogP contribution is 2.26. The maximum absolute atomic E-state index is 13.1. The van der Waals surface area contributed by atoms with E-state index in [0.717, 1.165) is 64.8 Å². The largest absolute Gasteiger partial charge is 0.342 e. The zero-order valence-corrected chi connectivity index (χ0v) is 16.8. The molecule has 2 fully saturated rings. The molecule has 0 radical (unpaired) electrons. The van der Waals surface area contributed by atoms with E-state index in [0.29, 0.717) is 11.8 Å². The molecule has 2 aliphatic heterocycles. The van der Waals surface area contributed by atoms with E-state index >= 15 is 0 Å². The third-order valence-corrected chi connectivity index (χ3v) is 6.40. The Bertz CT molecular complexity index is 738. The van der Waals surface area contributed by atoms with E-state index in [1.54, 1.807) is 0 Å². The Morgan fingerprint density at radius 3 is 2.14 bits per heavy atom. The van der Waals surface area contributed by atoms with Crippen LogP contribution in [-0.4, -0.2) is 41.9 Å². The Morgan fingerprint density at radius 2 is 1.46 bits per heavy atom. The molecule has 0 aliphatic carbocycles. The summed E-state index contributed by atoms with van der Waals surface area (Å²) < 4.78 is 0. The summed E-state index contributed by atoms with van der Waals surface area (Å²) in [4.78, 5) is 17.7. The third-order valence-electron chi connectivity index (χ3n) is 6.40. The number of likely N-dealkylation sites (tertiary alicyclic amines) is 2. The number of amides is 1. The second kappa shape index (κ2) is 9.38. The van der Waals surface area contributed by atoms with E-state index in [9.17, 15) is 4.79 Å². The van der Waals surface area contributed by atoms with Crippen molar-refractivity contribution in [3.05, 3.63) is 71.8 Å². The number of carbonyl (C=O) groups is 1. The Balaban J connectivity index is 1.26. The van der Waals surface area contributed by atoms with Gasteiger partial charge in [-0.15, -0.1) is 0 Å². The van der Waals surface area contributed by atoms with Gasteiger partial charge in [0.2, 0.25) is 5.91 Å². The lowest BCUT2D eigenvalue weighted by Gasteiger charge is -2.38. The van der Waals surface area contributed by atoms with Gasteiger partial charge in [0, 0.05) is 26.2 Å². The van der Waals surface area contributed by atoms with Crippen LogP contribution in [0.2, 0.25) is 0 Å². The first-order chi connectivity index (χ1) is 13.8. The summed E-state index contributed by atoms with van der Waals surface area (Å²) in [6.45, 7) is 4.86. The first-order valence-corrected chi connectivity index (χ1v) is 10.9. The molecule has 1 amide bonds. The van der Waals surface area contributed by atoms with Gasteiger partial charge in [0.25, 0.3) is 0 Å². The molecule has 0 saturated carbocycles. The van der Waals surface area contributed by atoms with Crippen molar-refractivity contribution >= 4 is 5.91 Å². The van der Waals surface area contributed by atoms with E-state index in [4.69, 9.17) is 0 Å². The Kier molecular flexibility index (Phi) is 6.43. The second-order valence-corrected chi connectivity index (χ2v) is 8.52. The molecule has 4 rings (SSSR count). The highest BCUT2D eigenvalue weighted by atomic mass is 16.2. The van der Waals surface area contributed by atoms with E-state index in [-0.39, 0.29) is 5.92 Å². The molecule has 0 bridgehead atoms. The Labute approximate surface area is 169 Å². The predicted molar refractivity (Wildman–Crippen MR) is 114 cm³/mol. The maximum atomic E-state index is 13.1. The van der Waals surface area contributed by atoms with Crippen molar-refractivity contribution in [3.8, 4) is 0 Å². The van der Waals surface area contributed by atoms with Crippen LogP contribution in [-0.2, 0) is 17.8 Å². The zero-order valence-electron chi connectivity index (χ0n) is 16.8. The first-order valence-electron chi connectivity index (χ1n) is 10.9. The third kappa shape index (κ3) is 5.02. The fraction of sp³-hybridized carbons (Fsp3) is 0.480. The highest BCUT2D eigenvalue weighted by Gasteiger charge is 2.31. The second-order valence-electron chi connectivity index (χ2n) is 8.52. The van der Waals surface area contributed by atoms with Gasteiger partial charge in [0.15, 0.2) is 0 Å². The molecule has 0 aromatic heterocycles. The van der Waals surface area contributed by atoms with Gasteiger partial charge in [-0.25, -0.2) is 0 Å². The lowest BCUT2D eigenvalue weighted by molar-refractivity contribution is -0.138. The van der Waals surface area contributed by atoms with Crippen LogP contribution in [0.4, 0.5) is 0 Å². The molecule has 2 saturated heterocycles. The van der Waals surface area contributed by atoms with Crippen LogP contribution >= 0.6 is 0 Å². The summed E-state index contributed by atoms with van der Waals surface area (Å²) in [7, 11) is 0. The number of carbonyl (C=O) groups excluding carboxylic acids is 1. The van der Waals surface area contributed by atoms with Crippen LogP contribution in [0, 0.1) is 11.8 Å². The number of hydrogen-bond donors (Lipinski definition) is 0. The molecule has 2 heterocycles. The summed E-state index contributed by atoms with van der Waals surface area (Å²) in [5, 5.41) is 0. The van der Waals surface area contributed by atoms with Crippen molar-refractivity contribution in [2.45, 2.75) is 38.6 Å². The van der Waals surface area contributed by atoms with E-state index in [1.165, 1.54) is 11.1 Å². The molecule has 148 valence electrons. The average molecular weight is 377 g/mol. The number of nitrogens with zero attached hydrogens (tertiary/aromatic N) is 2. The van der Waals surface area contributed by atoms with Crippen LogP contribution in [0.25, 0.3) is 0 Å². The van der Waals surface area contributed by atoms with Crippen LogP contribution in [0.1, 0.15) is 36.8 Å². The minimum Gasteiger partial charge on any atom is -0.342 e. The molecule has 3 nitrogen and oxygen atoms in total. The zero-order chi connectivity index (χ0) is 19.2. The van der Waals surface area contributed by atoms with Crippen LogP contribution < -0.4 is 0 Å². The fourth-order valence-corrected chi connectivity index (χ4v) is 4.81. The summed E-state index contributed by atoms with van der Waals surface area (Å²) in [5.41, 5.74) is 2.77. The monoisotopic (exact) mass is 376 g/mol. The van der Waals surface area contributed by atoms with Gasteiger partial charge in [0.05, 0.1) is 5.92 Å². The normalized spacial score (nSPS) is 21.6. The number of piperidine rings is 2. The Hall–Kier alpha value is -2.13. The van der Waals surface area contributed by atoms with Gasteiger partial charge < -0.3 is 4.90 Å². The minimum absolute atomic E-state index is 0.183. The van der Waals surface area contributed by atoms with Crippen molar-refractivity contribution in [1.29, 1.82) is 0 Å². The maximum Gasteiger partial charge on any atom is 0.226 e. The van der Waals surface area contributed by atoms with Crippen LogP contribution in [0.5, 0.6) is 0 Å². The molecule has 28 heavy (non-hydrogen) atoms. The van der Waals surface area contributed by atoms with Crippen molar-refractivity contribution in [3.63, 3.8) is 0 Å². The lowest BCUT2D eigenvalue weighted by Crippen LogP contribution is -2.47. The summed E-state index contributed by atoms with van der Waals surface area (Å²) in [6.07, 6.45) is 5.61. The Morgan fingerprint density at radius 1 is 0.821 bits per heavy atom. The van der Waals surface area contributed by atoms with Crippen LogP contribution in [0.15, 0.2) is 60.7 Å². The van der Waals surface area contributed by atoms with Crippen molar-refractivity contribution in [1.82, 2.24) is 9.80 Å². The van der Waals surface area contributed by atoms with Gasteiger partial charge >= 0.3 is 0 Å². The molecule has 2 aromatic carbocycles. The van der Waals surface area contributed by atoms with Crippen molar-refractivity contribution in [2.24, 2.45) is 11.8 Å². The molecular formula is C25H32N2O. The smallest absolute Gasteiger partial charge is 0.226 e. The number of rotatable bonds is 5. The van der Waals surface area contributed by atoms with Gasteiger partial charge in [0.1, 0.15) is 0 Å². The number of benzene rings is 2. The quantitative estimate of drug-likeness (QED) is 0.773. The van der Waals surface area contributed by atoms with Gasteiger partial charge in [-0.05, 0) is 55.7 Å². The highest BCUT2D eigenvalue weighted by molar-refractivity contribution is 5.79. The van der Waals surface area contributed by atoms with Crippen LogP contribution in [0.3, 0.4) is 0 Å². The standard InChI is InChI=1S/C25H32N2O/c28-25(24-12-7-15-26(20-24)19-23-10-5-2-6-11-23)27-16-13-22(14-17-27)18-21-8-3-1-4-9-21/h1-6,8-11,22,24H,7,12-20H2/t24-/m0/s1. The van der Waals surface area contributed by atoms with E-state index in [1.807, 2.05) is 0 Å². The SMILES string of the molecule is O=C([C@H]1CCCN(Cc2ccccc2)C1)N1CCC(Cc2ccccc2)CC1. The van der Waals surface area contributed by atoms with Gasteiger partial charge in [-0.3, -0.25) is 9.69 Å². The summed E-state index contributed by atoms with van der Waals surface area (Å²) in [5.74, 6) is 1.30. The molecule has 0 spiro atoms. The molecule has 2 aromatic rings. The topological polar surface area (TPSA) is 23.6 Å². The number of hydrogen-bond acceptors (Lipinski definition) is 2. The van der Waals surface area contributed by atoms with Crippen molar-refractivity contribution in [2.75, 3.05) is 26.2 Å². The molecule has 0 unspecified atom stereocenters. The van der Waals surface area contributed by atoms with Gasteiger partial charge in [-0.2, -0.15) is 0 Å². The summed E-state index contributed by atoms with van der Waals surface area (Å²) >= 11 is 0. The lowest BCUT2D eigenvalue weighted by atomic mass is 9.89. The molecular weight excluding hydrogens is 344 g/mol.